The lowest BCUT2D eigenvalue weighted by molar-refractivity contribution is -0.119. The van der Waals surface area contributed by atoms with Crippen LogP contribution in [0.5, 0.6) is 6.01 Å². The van der Waals surface area contributed by atoms with Crippen LogP contribution in [-0.2, 0) is 9.53 Å². The molecule has 0 atom stereocenters. The Bertz CT molecular complexity index is 970. The highest BCUT2D eigenvalue weighted by Gasteiger charge is 2.16. The summed E-state index contributed by atoms with van der Waals surface area (Å²) < 4.78 is 25.5. The second-order valence-electron chi connectivity index (χ2n) is 6.87. The average Bonchev–Trinajstić information content (AvgIpc) is 3.12. The number of nitrogens with one attached hydrogen (secondary N) is 1. The summed E-state index contributed by atoms with van der Waals surface area (Å²) in [6, 6.07) is 13.4. The fraction of sp³-hybridized carbons (Fsp3) is 0.286. The minimum atomic E-state index is -0.334. The second kappa shape index (κ2) is 9.29. The molecule has 0 spiro atoms. The fourth-order valence-corrected chi connectivity index (χ4v) is 2.60. The maximum absolute atomic E-state index is 13.4. The molecule has 152 valence electrons. The molecule has 7 nitrogen and oxygen atoms in total. The first kappa shape index (κ1) is 20.5. The number of carbonyl (C=O) groups is 1. The van der Waals surface area contributed by atoms with Gasteiger partial charge in [0.2, 0.25) is 5.91 Å². The summed E-state index contributed by atoms with van der Waals surface area (Å²) in [5.41, 5.74) is 1.95. The van der Waals surface area contributed by atoms with Crippen LogP contribution in [0.1, 0.15) is 13.8 Å². The Morgan fingerprint density at radius 3 is 2.66 bits per heavy atom. The van der Waals surface area contributed by atoms with Crippen molar-refractivity contribution in [3.63, 3.8) is 0 Å². The molecule has 0 aliphatic rings. The summed E-state index contributed by atoms with van der Waals surface area (Å²) in [5.74, 6) is 0.224. The molecular formula is C21H23FN4O3. The van der Waals surface area contributed by atoms with Crippen LogP contribution >= 0.6 is 0 Å². The number of halogens is 1. The topological polar surface area (TPSA) is 78.3 Å². The number of rotatable bonds is 8. The van der Waals surface area contributed by atoms with Crippen molar-refractivity contribution in [2.45, 2.75) is 13.8 Å². The van der Waals surface area contributed by atoms with Gasteiger partial charge in [-0.1, -0.05) is 19.9 Å². The molecule has 0 aliphatic carbocycles. The van der Waals surface area contributed by atoms with Crippen molar-refractivity contribution in [3.8, 4) is 23.1 Å². The number of amides is 1. The largest absolute Gasteiger partial charge is 0.462 e. The van der Waals surface area contributed by atoms with E-state index < -0.39 is 0 Å². The molecule has 3 aromatic rings. The molecule has 0 unspecified atom stereocenters. The van der Waals surface area contributed by atoms with Crippen LogP contribution in [0.25, 0.3) is 17.1 Å². The van der Waals surface area contributed by atoms with Crippen molar-refractivity contribution in [1.82, 2.24) is 14.8 Å². The zero-order valence-corrected chi connectivity index (χ0v) is 16.6. The third-order valence-electron chi connectivity index (χ3n) is 3.89. The van der Waals surface area contributed by atoms with Gasteiger partial charge in [-0.2, -0.15) is 4.98 Å². The van der Waals surface area contributed by atoms with Crippen LogP contribution in [0.15, 0.2) is 48.5 Å². The molecule has 8 heteroatoms. The first-order chi connectivity index (χ1) is 14.0. The number of nitrogens with zero attached hydrogens (tertiary/aromatic N) is 3. The number of ether oxygens (including phenoxy) is 2. The Morgan fingerprint density at radius 1 is 1.21 bits per heavy atom. The lowest BCUT2D eigenvalue weighted by atomic mass is 10.2. The zero-order chi connectivity index (χ0) is 20.8. The Labute approximate surface area is 168 Å². The molecule has 1 heterocycles. The van der Waals surface area contributed by atoms with Gasteiger partial charge in [-0.3, -0.25) is 4.79 Å². The molecule has 1 aromatic heterocycles. The predicted octanol–water partition coefficient (Wildman–Crippen LogP) is 3.69. The average molecular weight is 398 g/mol. The normalized spacial score (nSPS) is 10.9. The molecule has 29 heavy (non-hydrogen) atoms. The van der Waals surface area contributed by atoms with E-state index in [2.05, 4.69) is 15.4 Å². The summed E-state index contributed by atoms with van der Waals surface area (Å²) in [5, 5.41) is 7.22. The third-order valence-corrected chi connectivity index (χ3v) is 3.89. The van der Waals surface area contributed by atoms with E-state index in [1.165, 1.54) is 19.2 Å². The highest BCUT2D eigenvalue weighted by atomic mass is 19.1. The van der Waals surface area contributed by atoms with Crippen LogP contribution in [0.2, 0.25) is 0 Å². The molecule has 3 rings (SSSR count). The third kappa shape index (κ3) is 5.39. The number of methoxy groups -OCH3 is 1. The molecule has 0 bridgehead atoms. The van der Waals surface area contributed by atoms with E-state index >= 15 is 0 Å². The van der Waals surface area contributed by atoms with Crippen LogP contribution in [0.4, 0.5) is 10.1 Å². The quantitative estimate of drug-likeness (QED) is 0.626. The van der Waals surface area contributed by atoms with E-state index in [-0.39, 0.29) is 24.3 Å². The van der Waals surface area contributed by atoms with Crippen molar-refractivity contribution >= 4 is 11.6 Å². The molecule has 0 fully saturated rings. The fourth-order valence-electron chi connectivity index (χ4n) is 2.60. The standard InChI is InChI=1S/C21H23FN4O3/c1-14(2)12-29-21-24-20(15-7-9-16(22)10-8-15)26(25-21)18-6-4-5-17(11-18)23-19(27)13-28-3/h4-11,14H,12-13H2,1-3H3,(H,23,27). The monoisotopic (exact) mass is 398 g/mol. The lowest BCUT2D eigenvalue weighted by Gasteiger charge is -2.09. The number of aromatic nitrogens is 3. The van der Waals surface area contributed by atoms with Gasteiger partial charge in [0, 0.05) is 18.4 Å². The minimum Gasteiger partial charge on any atom is -0.462 e. The van der Waals surface area contributed by atoms with Crippen molar-refractivity contribution in [2.75, 3.05) is 25.6 Å². The number of carbonyl (C=O) groups excluding carboxylic acids is 1. The van der Waals surface area contributed by atoms with Crippen molar-refractivity contribution in [2.24, 2.45) is 5.92 Å². The molecule has 1 amide bonds. The van der Waals surface area contributed by atoms with E-state index in [9.17, 15) is 9.18 Å². The Hall–Kier alpha value is -3.26. The molecule has 0 aliphatic heterocycles. The van der Waals surface area contributed by atoms with Crippen LogP contribution in [0, 0.1) is 11.7 Å². The second-order valence-corrected chi connectivity index (χ2v) is 6.87. The summed E-state index contributed by atoms with van der Waals surface area (Å²) >= 11 is 0. The number of hydrogen-bond acceptors (Lipinski definition) is 5. The maximum Gasteiger partial charge on any atom is 0.336 e. The van der Waals surface area contributed by atoms with E-state index in [0.717, 1.165) is 0 Å². The van der Waals surface area contributed by atoms with Crippen LogP contribution in [-0.4, -0.2) is 41.0 Å². The van der Waals surface area contributed by atoms with Gasteiger partial charge in [0.25, 0.3) is 0 Å². The summed E-state index contributed by atoms with van der Waals surface area (Å²) in [7, 11) is 1.46. The van der Waals surface area contributed by atoms with Gasteiger partial charge >= 0.3 is 6.01 Å². The van der Waals surface area contributed by atoms with Crippen LogP contribution < -0.4 is 10.1 Å². The summed E-state index contributed by atoms with van der Waals surface area (Å²) in [6.45, 7) is 4.50. The zero-order valence-electron chi connectivity index (χ0n) is 16.6. The lowest BCUT2D eigenvalue weighted by Crippen LogP contribution is -2.17. The number of anilines is 1. The minimum absolute atomic E-state index is 0.0401. The van der Waals surface area contributed by atoms with Gasteiger partial charge in [-0.15, -0.1) is 5.10 Å². The van der Waals surface area contributed by atoms with Gasteiger partial charge in [-0.05, 0) is 48.4 Å². The Kier molecular flexibility index (Phi) is 6.56. The molecular weight excluding hydrogens is 375 g/mol. The van der Waals surface area contributed by atoms with Gasteiger partial charge in [-0.25, -0.2) is 9.07 Å². The van der Waals surface area contributed by atoms with E-state index in [4.69, 9.17) is 9.47 Å². The van der Waals surface area contributed by atoms with E-state index in [1.807, 2.05) is 19.9 Å². The molecule has 2 aromatic carbocycles. The first-order valence-electron chi connectivity index (χ1n) is 9.21. The first-order valence-corrected chi connectivity index (χ1v) is 9.21. The van der Waals surface area contributed by atoms with Gasteiger partial charge in [0.1, 0.15) is 12.4 Å². The summed E-state index contributed by atoms with van der Waals surface area (Å²) in [4.78, 5) is 16.3. The van der Waals surface area contributed by atoms with Crippen LogP contribution in [0.3, 0.4) is 0 Å². The number of benzene rings is 2. The van der Waals surface area contributed by atoms with E-state index in [0.29, 0.717) is 35.3 Å². The summed E-state index contributed by atoms with van der Waals surface area (Å²) in [6.07, 6.45) is 0. The Balaban J connectivity index is 1.98. The molecule has 0 radical (unpaired) electrons. The SMILES string of the molecule is COCC(=O)Nc1cccc(-n2nc(OCC(C)C)nc2-c2ccc(F)cc2)c1. The highest BCUT2D eigenvalue weighted by molar-refractivity contribution is 5.91. The maximum atomic E-state index is 13.4. The van der Waals surface area contributed by atoms with Crippen molar-refractivity contribution in [1.29, 1.82) is 0 Å². The molecule has 1 N–H and O–H groups in total. The van der Waals surface area contributed by atoms with Gasteiger partial charge in [0.15, 0.2) is 5.82 Å². The molecule has 0 saturated carbocycles. The van der Waals surface area contributed by atoms with Crippen molar-refractivity contribution < 1.29 is 18.7 Å². The smallest absolute Gasteiger partial charge is 0.336 e. The highest BCUT2D eigenvalue weighted by Crippen LogP contribution is 2.25. The number of hydrogen-bond donors (Lipinski definition) is 1. The van der Waals surface area contributed by atoms with E-state index in [1.54, 1.807) is 35.0 Å². The molecule has 0 saturated heterocycles. The van der Waals surface area contributed by atoms with Crippen molar-refractivity contribution in [3.05, 3.63) is 54.3 Å². The van der Waals surface area contributed by atoms with Gasteiger partial charge < -0.3 is 14.8 Å². The Morgan fingerprint density at radius 2 is 1.97 bits per heavy atom. The predicted molar refractivity (Wildman–Crippen MR) is 108 cm³/mol. The van der Waals surface area contributed by atoms with Gasteiger partial charge in [0.05, 0.1) is 12.3 Å².